The Hall–Kier alpha value is -0.790. The van der Waals surface area contributed by atoms with Gasteiger partial charge in [0.15, 0.2) is 0 Å². The average molecular weight is 152 g/mol. The molecule has 0 aliphatic carbocycles. The average Bonchev–Trinajstić information content (AvgIpc) is 2.31. The second-order valence-corrected chi connectivity index (χ2v) is 3.46. The Morgan fingerprint density at radius 2 is 2.27 bits per heavy atom. The van der Waals surface area contributed by atoms with Gasteiger partial charge in [-0.25, -0.2) is 0 Å². The standard InChI is InChI=1S/C9H16N2/c1-7(2)4-5-9-8(3)6-10-11-9/h6-7H,4-5H2,1-3H3,(H,10,11). The lowest BCUT2D eigenvalue weighted by molar-refractivity contribution is 0.580. The van der Waals surface area contributed by atoms with Gasteiger partial charge < -0.3 is 0 Å². The van der Waals surface area contributed by atoms with Crippen LogP contribution in [0.1, 0.15) is 31.5 Å². The van der Waals surface area contributed by atoms with E-state index < -0.39 is 0 Å². The number of aryl methyl sites for hydroxylation is 2. The molecule has 0 spiro atoms. The summed E-state index contributed by atoms with van der Waals surface area (Å²) in [5.41, 5.74) is 2.57. The normalized spacial score (nSPS) is 10.9. The Bertz CT molecular complexity index is 213. The first kappa shape index (κ1) is 8.31. The van der Waals surface area contributed by atoms with Crippen molar-refractivity contribution in [3.8, 4) is 0 Å². The molecule has 0 saturated heterocycles. The van der Waals surface area contributed by atoms with Gasteiger partial charge in [0.2, 0.25) is 0 Å². The molecule has 2 nitrogen and oxygen atoms in total. The summed E-state index contributed by atoms with van der Waals surface area (Å²) in [6.45, 7) is 6.58. The van der Waals surface area contributed by atoms with Crippen LogP contribution in [0.3, 0.4) is 0 Å². The summed E-state index contributed by atoms with van der Waals surface area (Å²) in [7, 11) is 0. The summed E-state index contributed by atoms with van der Waals surface area (Å²) in [6.07, 6.45) is 4.25. The fourth-order valence-electron chi connectivity index (χ4n) is 1.06. The maximum atomic E-state index is 3.97. The molecule has 1 heterocycles. The van der Waals surface area contributed by atoms with Gasteiger partial charge in [-0.05, 0) is 31.2 Å². The second kappa shape index (κ2) is 3.56. The Morgan fingerprint density at radius 1 is 1.55 bits per heavy atom. The molecule has 2 heteroatoms. The maximum Gasteiger partial charge on any atom is 0.0519 e. The van der Waals surface area contributed by atoms with Crippen LogP contribution >= 0.6 is 0 Å². The van der Waals surface area contributed by atoms with Gasteiger partial charge in [-0.1, -0.05) is 13.8 Å². The van der Waals surface area contributed by atoms with Crippen molar-refractivity contribution in [2.24, 2.45) is 5.92 Å². The van der Waals surface area contributed by atoms with E-state index in [1.165, 1.54) is 17.7 Å². The zero-order chi connectivity index (χ0) is 8.27. The lowest BCUT2D eigenvalue weighted by atomic mass is 10.1. The zero-order valence-electron chi connectivity index (χ0n) is 7.52. The molecule has 0 bridgehead atoms. The van der Waals surface area contributed by atoms with Gasteiger partial charge in [0.25, 0.3) is 0 Å². The van der Waals surface area contributed by atoms with E-state index in [2.05, 4.69) is 31.0 Å². The number of hydrogen-bond acceptors (Lipinski definition) is 1. The van der Waals surface area contributed by atoms with Crippen molar-refractivity contribution in [2.75, 3.05) is 0 Å². The highest BCUT2D eigenvalue weighted by Crippen LogP contribution is 2.09. The Morgan fingerprint density at radius 3 is 2.73 bits per heavy atom. The summed E-state index contributed by atoms with van der Waals surface area (Å²) in [4.78, 5) is 0. The molecule has 0 aromatic carbocycles. The van der Waals surface area contributed by atoms with Crippen LogP contribution in [0.25, 0.3) is 0 Å². The van der Waals surface area contributed by atoms with Crippen LogP contribution in [0.4, 0.5) is 0 Å². The van der Waals surface area contributed by atoms with Crippen LogP contribution in [-0.2, 0) is 6.42 Å². The number of hydrogen-bond donors (Lipinski definition) is 1. The Labute approximate surface area is 68.0 Å². The van der Waals surface area contributed by atoms with E-state index in [9.17, 15) is 0 Å². The lowest BCUT2D eigenvalue weighted by Gasteiger charge is -2.02. The first-order valence-corrected chi connectivity index (χ1v) is 4.19. The molecule has 11 heavy (non-hydrogen) atoms. The highest BCUT2D eigenvalue weighted by atomic mass is 15.1. The molecule has 1 rings (SSSR count). The van der Waals surface area contributed by atoms with E-state index in [1.807, 2.05) is 6.20 Å². The minimum Gasteiger partial charge on any atom is -0.282 e. The van der Waals surface area contributed by atoms with Crippen molar-refractivity contribution in [1.82, 2.24) is 10.2 Å². The third-order valence-electron chi connectivity index (χ3n) is 1.91. The van der Waals surface area contributed by atoms with Gasteiger partial charge in [0.1, 0.15) is 0 Å². The van der Waals surface area contributed by atoms with Gasteiger partial charge in [-0.2, -0.15) is 5.10 Å². The minimum atomic E-state index is 0.776. The highest BCUT2D eigenvalue weighted by Gasteiger charge is 2.00. The number of nitrogens with one attached hydrogen (secondary N) is 1. The maximum absolute atomic E-state index is 3.97. The predicted octanol–water partition coefficient (Wildman–Crippen LogP) is 2.31. The molecule has 0 fully saturated rings. The molecule has 0 amide bonds. The minimum absolute atomic E-state index is 0.776. The second-order valence-electron chi connectivity index (χ2n) is 3.46. The molecule has 0 atom stereocenters. The van der Waals surface area contributed by atoms with Crippen LogP contribution in [0.5, 0.6) is 0 Å². The van der Waals surface area contributed by atoms with E-state index in [0.717, 1.165) is 12.3 Å². The number of aromatic amines is 1. The van der Waals surface area contributed by atoms with Crippen molar-refractivity contribution in [3.63, 3.8) is 0 Å². The third-order valence-corrected chi connectivity index (χ3v) is 1.91. The number of aromatic nitrogens is 2. The smallest absolute Gasteiger partial charge is 0.0519 e. The van der Waals surface area contributed by atoms with Crippen molar-refractivity contribution in [2.45, 2.75) is 33.6 Å². The first-order valence-electron chi connectivity index (χ1n) is 4.19. The summed E-state index contributed by atoms with van der Waals surface area (Å²) in [5, 5.41) is 6.99. The quantitative estimate of drug-likeness (QED) is 0.707. The first-order chi connectivity index (χ1) is 5.20. The molecule has 0 radical (unpaired) electrons. The van der Waals surface area contributed by atoms with Crippen LogP contribution < -0.4 is 0 Å². The zero-order valence-corrected chi connectivity index (χ0v) is 7.52. The van der Waals surface area contributed by atoms with Crippen molar-refractivity contribution < 1.29 is 0 Å². The fourth-order valence-corrected chi connectivity index (χ4v) is 1.06. The van der Waals surface area contributed by atoms with Gasteiger partial charge in [0.05, 0.1) is 6.20 Å². The molecule has 1 aromatic rings. The van der Waals surface area contributed by atoms with Crippen molar-refractivity contribution >= 4 is 0 Å². The Kier molecular flexibility index (Phi) is 2.69. The highest BCUT2D eigenvalue weighted by molar-refractivity contribution is 5.13. The molecule has 0 aliphatic heterocycles. The Balaban J connectivity index is 2.44. The van der Waals surface area contributed by atoms with Gasteiger partial charge in [-0.3, -0.25) is 5.10 Å². The van der Waals surface area contributed by atoms with E-state index in [4.69, 9.17) is 0 Å². The molecule has 0 aliphatic rings. The predicted molar refractivity (Wildman–Crippen MR) is 46.5 cm³/mol. The molecule has 0 unspecified atom stereocenters. The number of H-pyrrole nitrogens is 1. The fraction of sp³-hybridized carbons (Fsp3) is 0.667. The van der Waals surface area contributed by atoms with Crippen LogP contribution in [-0.4, -0.2) is 10.2 Å². The van der Waals surface area contributed by atoms with Crippen molar-refractivity contribution in [1.29, 1.82) is 0 Å². The molecular weight excluding hydrogens is 136 g/mol. The molecule has 1 N–H and O–H groups in total. The monoisotopic (exact) mass is 152 g/mol. The van der Waals surface area contributed by atoms with Gasteiger partial charge in [0, 0.05) is 5.69 Å². The molecule has 62 valence electrons. The SMILES string of the molecule is Cc1cn[nH]c1CCC(C)C. The van der Waals surface area contributed by atoms with E-state index in [0.29, 0.717) is 0 Å². The van der Waals surface area contributed by atoms with E-state index >= 15 is 0 Å². The summed E-state index contributed by atoms with van der Waals surface area (Å²) < 4.78 is 0. The van der Waals surface area contributed by atoms with E-state index in [1.54, 1.807) is 0 Å². The molecule has 1 aromatic heterocycles. The van der Waals surface area contributed by atoms with Crippen LogP contribution in [0.2, 0.25) is 0 Å². The third kappa shape index (κ3) is 2.37. The summed E-state index contributed by atoms with van der Waals surface area (Å²) in [6, 6.07) is 0. The van der Waals surface area contributed by atoms with Gasteiger partial charge in [-0.15, -0.1) is 0 Å². The van der Waals surface area contributed by atoms with Gasteiger partial charge >= 0.3 is 0 Å². The number of nitrogens with zero attached hydrogens (tertiary/aromatic N) is 1. The largest absolute Gasteiger partial charge is 0.282 e. The molecular formula is C9H16N2. The van der Waals surface area contributed by atoms with Crippen LogP contribution in [0, 0.1) is 12.8 Å². The molecule has 0 saturated carbocycles. The summed E-state index contributed by atoms with van der Waals surface area (Å²) >= 11 is 0. The van der Waals surface area contributed by atoms with Crippen molar-refractivity contribution in [3.05, 3.63) is 17.5 Å². The lowest BCUT2D eigenvalue weighted by Crippen LogP contribution is -1.93. The summed E-state index contributed by atoms with van der Waals surface area (Å²) in [5.74, 6) is 0.776. The number of rotatable bonds is 3. The van der Waals surface area contributed by atoms with E-state index in [-0.39, 0.29) is 0 Å². The van der Waals surface area contributed by atoms with Crippen LogP contribution in [0.15, 0.2) is 6.20 Å². The topological polar surface area (TPSA) is 28.7 Å².